The van der Waals surface area contributed by atoms with Gasteiger partial charge in [-0.1, -0.05) is 41.9 Å². The number of carbonyl (C=O) groups is 1. The van der Waals surface area contributed by atoms with Crippen molar-refractivity contribution in [2.45, 2.75) is 19.3 Å². The van der Waals surface area contributed by atoms with Crippen molar-refractivity contribution in [3.8, 4) is 5.75 Å². The predicted molar refractivity (Wildman–Crippen MR) is 80.0 cm³/mol. The molecule has 0 fully saturated rings. The van der Waals surface area contributed by atoms with Crippen LogP contribution in [0.5, 0.6) is 5.75 Å². The van der Waals surface area contributed by atoms with E-state index in [2.05, 4.69) is 0 Å². The fourth-order valence-corrected chi connectivity index (χ4v) is 3.16. The van der Waals surface area contributed by atoms with Gasteiger partial charge < -0.3 is 4.74 Å². The Hall–Kier alpha value is -1.80. The van der Waals surface area contributed by atoms with Gasteiger partial charge in [0.25, 0.3) is 0 Å². The van der Waals surface area contributed by atoms with Gasteiger partial charge in [0.1, 0.15) is 5.75 Å². The summed E-state index contributed by atoms with van der Waals surface area (Å²) in [6.07, 6.45) is 0.689. The SMILES string of the molecule is COc1cc2c(c(Cl)c1C)C(=O)[C@H](c1ccccc1)C2. The smallest absolute Gasteiger partial charge is 0.172 e. The van der Waals surface area contributed by atoms with Crippen molar-refractivity contribution in [1.29, 1.82) is 0 Å². The van der Waals surface area contributed by atoms with Gasteiger partial charge in [-0.25, -0.2) is 0 Å². The Labute approximate surface area is 123 Å². The summed E-state index contributed by atoms with van der Waals surface area (Å²) in [5.74, 6) is 0.729. The second-order valence-electron chi connectivity index (χ2n) is 5.08. The minimum Gasteiger partial charge on any atom is -0.496 e. The number of methoxy groups -OCH3 is 1. The third-order valence-corrected chi connectivity index (χ3v) is 4.43. The molecule has 0 N–H and O–H groups in total. The molecule has 0 aromatic heterocycles. The lowest BCUT2D eigenvalue weighted by Crippen LogP contribution is -2.07. The number of ketones is 1. The zero-order valence-electron chi connectivity index (χ0n) is 11.4. The molecule has 0 radical (unpaired) electrons. The molecule has 2 aromatic carbocycles. The quantitative estimate of drug-likeness (QED) is 0.828. The first-order valence-electron chi connectivity index (χ1n) is 6.58. The van der Waals surface area contributed by atoms with Crippen molar-refractivity contribution in [3.63, 3.8) is 0 Å². The van der Waals surface area contributed by atoms with Gasteiger partial charge in [0.15, 0.2) is 5.78 Å². The molecule has 0 amide bonds. The number of carbonyl (C=O) groups excluding carboxylic acids is 1. The molecule has 0 bridgehead atoms. The van der Waals surface area contributed by atoms with Crippen LogP contribution in [0.25, 0.3) is 0 Å². The molecule has 0 unspecified atom stereocenters. The van der Waals surface area contributed by atoms with E-state index >= 15 is 0 Å². The van der Waals surface area contributed by atoms with Gasteiger partial charge in [0, 0.05) is 11.1 Å². The highest BCUT2D eigenvalue weighted by Gasteiger charge is 2.34. The number of ether oxygens (including phenoxy) is 1. The lowest BCUT2D eigenvalue weighted by molar-refractivity contribution is 0.0973. The topological polar surface area (TPSA) is 26.3 Å². The van der Waals surface area contributed by atoms with Crippen LogP contribution in [-0.4, -0.2) is 12.9 Å². The maximum absolute atomic E-state index is 12.6. The average molecular weight is 287 g/mol. The van der Waals surface area contributed by atoms with Gasteiger partial charge in [-0.3, -0.25) is 4.79 Å². The second-order valence-corrected chi connectivity index (χ2v) is 5.46. The highest BCUT2D eigenvalue weighted by Crippen LogP contribution is 2.42. The molecule has 2 nitrogen and oxygen atoms in total. The summed E-state index contributed by atoms with van der Waals surface area (Å²) in [5, 5.41) is 0.530. The number of halogens is 1. The molecule has 1 atom stereocenters. The monoisotopic (exact) mass is 286 g/mol. The van der Waals surface area contributed by atoms with Crippen LogP contribution in [0, 0.1) is 6.92 Å². The van der Waals surface area contributed by atoms with E-state index in [0.29, 0.717) is 17.0 Å². The lowest BCUT2D eigenvalue weighted by Gasteiger charge is -2.10. The largest absolute Gasteiger partial charge is 0.496 e. The van der Waals surface area contributed by atoms with Crippen molar-refractivity contribution in [2.75, 3.05) is 7.11 Å². The summed E-state index contributed by atoms with van der Waals surface area (Å²) in [4.78, 5) is 12.6. The number of rotatable bonds is 2. The molecule has 1 aliphatic carbocycles. The molecule has 0 spiro atoms. The van der Waals surface area contributed by atoms with Gasteiger partial charge in [-0.2, -0.15) is 0 Å². The third-order valence-electron chi connectivity index (χ3n) is 3.95. The summed E-state index contributed by atoms with van der Waals surface area (Å²) < 4.78 is 5.33. The molecular formula is C17H15ClO2. The van der Waals surface area contributed by atoms with Gasteiger partial charge in [0.2, 0.25) is 0 Å². The van der Waals surface area contributed by atoms with Crippen LogP contribution in [0.1, 0.15) is 33.0 Å². The molecular weight excluding hydrogens is 272 g/mol. The number of hydrogen-bond acceptors (Lipinski definition) is 2. The zero-order chi connectivity index (χ0) is 14.3. The van der Waals surface area contributed by atoms with Crippen molar-refractivity contribution < 1.29 is 9.53 Å². The maximum atomic E-state index is 12.6. The Morgan fingerprint density at radius 2 is 1.95 bits per heavy atom. The second kappa shape index (κ2) is 4.95. The van der Waals surface area contributed by atoms with Crippen LogP contribution in [0.15, 0.2) is 36.4 Å². The summed E-state index contributed by atoms with van der Waals surface area (Å²) in [6, 6.07) is 11.8. The summed E-state index contributed by atoms with van der Waals surface area (Å²) in [6.45, 7) is 1.88. The normalized spacial score (nSPS) is 17.1. The van der Waals surface area contributed by atoms with E-state index in [1.807, 2.05) is 43.3 Å². The number of Topliss-reactive ketones (excluding diaryl/α,β-unsaturated/α-hetero) is 1. The maximum Gasteiger partial charge on any atom is 0.172 e. The third kappa shape index (κ3) is 1.92. The minimum atomic E-state index is -0.129. The van der Waals surface area contributed by atoms with Crippen molar-refractivity contribution in [3.05, 3.63) is 63.7 Å². The van der Waals surface area contributed by atoms with Gasteiger partial charge in [0.05, 0.1) is 18.1 Å². The van der Waals surface area contributed by atoms with E-state index in [9.17, 15) is 4.79 Å². The van der Waals surface area contributed by atoms with E-state index < -0.39 is 0 Å². The van der Waals surface area contributed by atoms with Crippen molar-refractivity contribution in [1.82, 2.24) is 0 Å². The van der Waals surface area contributed by atoms with Gasteiger partial charge >= 0.3 is 0 Å². The fourth-order valence-electron chi connectivity index (χ4n) is 2.86. The first-order chi connectivity index (χ1) is 9.63. The van der Waals surface area contributed by atoms with E-state index in [-0.39, 0.29) is 11.7 Å². The first-order valence-corrected chi connectivity index (χ1v) is 6.96. The van der Waals surface area contributed by atoms with Crippen LogP contribution < -0.4 is 4.74 Å². The molecule has 0 saturated heterocycles. The molecule has 1 aliphatic rings. The molecule has 3 heteroatoms. The van der Waals surface area contributed by atoms with Crippen LogP contribution in [-0.2, 0) is 6.42 Å². The molecule has 0 heterocycles. The van der Waals surface area contributed by atoms with Crippen molar-refractivity contribution in [2.24, 2.45) is 0 Å². The predicted octanol–water partition coefficient (Wildman–Crippen LogP) is 4.18. The fraction of sp³-hybridized carbons (Fsp3) is 0.235. The zero-order valence-corrected chi connectivity index (χ0v) is 12.2. The average Bonchev–Trinajstić information content (AvgIpc) is 2.81. The Morgan fingerprint density at radius 1 is 1.25 bits per heavy atom. The molecule has 20 heavy (non-hydrogen) atoms. The lowest BCUT2D eigenvalue weighted by atomic mass is 9.95. The molecule has 0 saturated carbocycles. The number of hydrogen-bond donors (Lipinski definition) is 0. The van der Waals surface area contributed by atoms with E-state index in [1.54, 1.807) is 7.11 Å². The molecule has 3 rings (SSSR count). The van der Waals surface area contributed by atoms with Gasteiger partial charge in [-0.15, -0.1) is 0 Å². The number of fused-ring (bicyclic) bond motifs is 1. The highest BCUT2D eigenvalue weighted by molar-refractivity contribution is 6.35. The Kier molecular flexibility index (Phi) is 3.27. The van der Waals surface area contributed by atoms with Gasteiger partial charge in [-0.05, 0) is 30.5 Å². The van der Waals surface area contributed by atoms with Crippen LogP contribution in [0.2, 0.25) is 5.02 Å². The van der Waals surface area contributed by atoms with Crippen LogP contribution in [0.3, 0.4) is 0 Å². The Morgan fingerprint density at radius 3 is 2.60 bits per heavy atom. The summed E-state index contributed by atoms with van der Waals surface area (Å²) >= 11 is 6.37. The van der Waals surface area contributed by atoms with Crippen molar-refractivity contribution >= 4 is 17.4 Å². The minimum absolute atomic E-state index is 0.113. The molecule has 102 valence electrons. The van der Waals surface area contributed by atoms with E-state index in [1.165, 1.54) is 0 Å². The van der Waals surface area contributed by atoms with E-state index in [4.69, 9.17) is 16.3 Å². The summed E-state index contributed by atoms with van der Waals surface area (Å²) in [7, 11) is 1.62. The first kappa shape index (κ1) is 13.2. The highest BCUT2D eigenvalue weighted by atomic mass is 35.5. The Balaban J connectivity index is 2.09. The summed E-state index contributed by atoms with van der Waals surface area (Å²) in [5.41, 5.74) is 3.52. The Bertz CT molecular complexity index is 677. The number of benzene rings is 2. The molecule has 0 aliphatic heterocycles. The van der Waals surface area contributed by atoms with Crippen LogP contribution >= 0.6 is 11.6 Å². The van der Waals surface area contributed by atoms with Crippen LogP contribution in [0.4, 0.5) is 0 Å². The van der Waals surface area contributed by atoms with E-state index in [0.717, 1.165) is 22.4 Å². The standard InChI is InChI=1S/C17H15ClO2/c1-10-14(20-2)9-12-8-13(11-6-4-3-5-7-11)17(19)15(12)16(10)18/h3-7,9,13H,8H2,1-2H3/t13-/m0/s1. The molecule has 2 aromatic rings.